The van der Waals surface area contributed by atoms with Gasteiger partial charge in [0.25, 0.3) is 5.91 Å². The zero-order valence-corrected chi connectivity index (χ0v) is 14.5. The van der Waals surface area contributed by atoms with Crippen molar-refractivity contribution in [1.82, 2.24) is 9.21 Å². The first-order valence-electron chi connectivity index (χ1n) is 8.09. The Morgan fingerprint density at radius 1 is 1.12 bits per heavy atom. The lowest BCUT2D eigenvalue weighted by Crippen LogP contribution is -2.40. The molecule has 0 unspecified atom stereocenters. The molecule has 8 heteroatoms. The van der Waals surface area contributed by atoms with Gasteiger partial charge in [0.2, 0.25) is 10.0 Å². The molecule has 0 radical (unpaired) electrons. The van der Waals surface area contributed by atoms with Crippen LogP contribution in [0.1, 0.15) is 23.2 Å². The van der Waals surface area contributed by atoms with Crippen LogP contribution < -0.4 is 4.74 Å². The molecule has 3 rings (SSSR count). The van der Waals surface area contributed by atoms with Crippen molar-refractivity contribution in [2.24, 2.45) is 0 Å². The first kappa shape index (κ1) is 17.2. The van der Waals surface area contributed by atoms with Crippen LogP contribution in [0.5, 0.6) is 5.75 Å². The van der Waals surface area contributed by atoms with Crippen molar-refractivity contribution in [2.45, 2.75) is 17.7 Å². The molecule has 7 nitrogen and oxygen atoms in total. The van der Waals surface area contributed by atoms with E-state index in [-0.39, 0.29) is 16.6 Å². The van der Waals surface area contributed by atoms with Gasteiger partial charge in [-0.15, -0.1) is 0 Å². The molecule has 1 aromatic carbocycles. The van der Waals surface area contributed by atoms with Crippen LogP contribution in [0.25, 0.3) is 0 Å². The van der Waals surface area contributed by atoms with Gasteiger partial charge in [0.15, 0.2) is 0 Å². The number of nitrogens with zero attached hydrogens (tertiary/aromatic N) is 2. The van der Waals surface area contributed by atoms with Gasteiger partial charge in [0.1, 0.15) is 10.6 Å². The number of ether oxygens (including phenoxy) is 2. The molecule has 2 aliphatic heterocycles. The van der Waals surface area contributed by atoms with Crippen molar-refractivity contribution in [3.05, 3.63) is 23.8 Å². The van der Waals surface area contributed by atoms with Crippen molar-refractivity contribution in [3.8, 4) is 5.75 Å². The van der Waals surface area contributed by atoms with Gasteiger partial charge in [-0.1, -0.05) is 0 Å². The van der Waals surface area contributed by atoms with Gasteiger partial charge in [0, 0.05) is 31.7 Å². The van der Waals surface area contributed by atoms with E-state index in [0.717, 1.165) is 12.8 Å². The van der Waals surface area contributed by atoms with E-state index < -0.39 is 10.0 Å². The van der Waals surface area contributed by atoms with Crippen LogP contribution >= 0.6 is 0 Å². The summed E-state index contributed by atoms with van der Waals surface area (Å²) in [6, 6.07) is 4.60. The van der Waals surface area contributed by atoms with Crippen LogP contribution in [0.4, 0.5) is 0 Å². The Morgan fingerprint density at radius 2 is 1.79 bits per heavy atom. The van der Waals surface area contributed by atoms with E-state index in [1.807, 2.05) is 0 Å². The summed E-state index contributed by atoms with van der Waals surface area (Å²) in [5, 5.41) is 0. The number of methoxy groups -OCH3 is 1. The van der Waals surface area contributed by atoms with E-state index in [4.69, 9.17) is 9.47 Å². The maximum atomic E-state index is 12.9. The van der Waals surface area contributed by atoms with E-state index in [1.54, 1.807) is 17.0 Å². The second-order valence-electron chi connectivity index (χ2n) is 5.88. The van der Waals surface area contributed by atoms with E-state index in [1.165, 1.54) is 17.5 Å². The van der Waals surface area contributed by atoms with Crippen LogP contribution in [0, 0.1) is 0 Å². The number of amides is 1. The zero-order valence-electron chi connectivity index (χ0n) is 13.7. The Bertz CT molecular complexity index is 707. The number of carbonyl (C=O) groups is 1. The van der Waals surface area contributed by atoms with Crippen LogP contribution in [-0.2, 0) is 14.8 Å². The molecular weight excluding hydrogens is 332 g/mol. The second-order valence-corrected chi connectivity index (χ2v) is 7.79. The summed E-state index contributed by atoms with van der Waals surface area (Å²) in [7, 11) is -2.22. The molecule has 1 aromatic rings. The minimum absolute atomic E-state index is 0.0611. The van der Waals surface area contributed by atoms with Gasteiger partial charge in [-0.25, -0.2) is 8.42 Å². The Labute approximate surface area is 142 Å². The number of hydrogen-bond donors (Lipinski definition) is 0. The van der Waals surface area contributed by atoms with Gasteiger partial charge in [-0.3, -0.25) is 4.79 Å². The Balaban J connectivity index is 1.94. The molecule has 2 fully saturated rings. The van der Waals surface area contributed by atoms with E-state index >= 15 is 0 Å². The van der Waals surface area contributed by atoms with E-state index in [9.17, 15) is 13.2 Å². The van der Waals surface area contributed by atoms with Gasteiger partial charge in [-0.2, -0.15) is 4.31 Å². The monoisotopic (exact) mass is 354 g/mol. The maximum absolute atomic E-state index is 12.9. The SMILES string of the molecule is COc1ccc(C(=O)N2CCOCC2)cc1S(=O)(=O)N1CCCC1. The van der Waals surface area contributed by atoms with Gasteiger partial charge in [0.05, 0.1) is 20.3 Å². The fraction of sp³-hybridized carbons (Fsp3) is 0.562. The Hall–Kier alpha value is -1.64. The fourth-order valence-corrected chi connectivity index (χ4v) is 4.73. The molecule has 2 aliphatic rings. The molecule has 2 heterocycles. The molecule has 1 amide bonds. The van der Waals surface area contributed by atoms with Crippen molar-refractivity contribution in [1.29, 1.82) is 0 Å². The minimum atomic E-state index is -3.66. The standard InChI is InChI=1S/C16H22N2O5S/c1-22-14-5-4-13(16(19)17-8-10-23-11-9-17)12-15(14)24(20,21)18-6-2-3-7-18/h4-5,12H,2-3,6-11H2,1H3. The summed E-state index contributed by atoms with van der Waals surface area (Å²) >= 11 is 0. The van der Waals surface area contributed by atoms with E-state index in [2.05, 4.69) is 0 Å². The molecule has 0 N–H and O–H groups in total. The number of morpholine rings is 1. The molecular formula is C16H22N2O5S. The highest BCUT2D eigenvalue weighted by atomic mass is 32.2. The Kier molecular flexibility index (Phi) is 5.07. The smallest absolute Gasteiger partial charge is 0.254 e. The number of hydrogen-bond acceptors (Lipinski definition) is 5. The largest absolute Gasteiger partial charge is 0.495 e. The van der Waals surface area contributed by atoms with Gasteiger partial charge >= 0.3 is 0 Å². The number of rotatable bonds is 4. The predicted molar refractivity (Wildman–Crippen MR) is 87.7 cm³/mol. The molecule has 132 valence electrons. The number of sulfonamides is 1. The lowest BCUT2D eigenvalue weighted by atomic mass is 10.2. The lowest BCUT2D eigenvalue weighted by Gasteiger charge is -2.27. The van der Waals surface area contributed by atoms with Crippen molar-refractivity contribution < 1.29 is 22.7 Å². The highest BCUT2D eigenvalue weighted by Crippen LogP contribution is 2.30. The lowest BCUT2D eigenvalue weighted by molar-refractivity contribution is 0.0302. The highest BCUT2D eigenvalue weighted by molar-refractivity contribution is 7.89. The Morgan fingerprint density at radius 3 is 2.42 bits per heavy atom. The molecule has 24 heavy (non-hydrogen) atoms. The average molecular weight is 354 g/mol. The average Bonchev–Trinajstić information content (AvgIpc) is 3.17. The summed E-state index contributed by atoms with van der Waals surface area (Å²) in [6.07, 6.45) is 1.71. The predicted octanol–water partition coefficient (Wildman–Crippen LogP) is 0.952. The third-order valence-electron chi connectivity index (χ3n) is 4.39. The molecule has 0 aliphatic carbocycles. The summed E-state index contributed by atoms with van der Waals surface area (Å²) in [5.41, 5.74) is 0.357. The fourth-order valence-electron chi connectivity index (χ4n) is 3.03. The normalized spacial score (nSPS) is 19.5. The van der Waals surface area contributed by atoms with Crippen molar-refractivity contribution in [2.75, 3.05) is 46.5 Å². The zero-order chi connectivity index (χ0) is 17.2. The summed E-state index contributed by atoms with van der Waals surface area (Å²) in [6.45, 7) is 3.04. The summed E-state index contributed by atoms with van der Waals surface area (Å²) in [4.78, 5) is 14.4. The first-order valence-corrected chi connectivity index (χ1v) is 9.53. The van der Waals surface area contributed by atoms with Crippen LogP contribution in [0.2, 0.25) is 0 Å². The molecule has 0 saturated carbocycles. The van der Waals surface area contributed by atoms with Crippen LogP contribution in [-0.4, -0.2) is 70.0 Å². The van der Waals surface area contributed by atoms with Gasteiger partial charge in [-0.05, 0) is 31.0 Å². The van der Waals surface area contributed by atoms with Crippen molar-refractivity contribution in [3.63, 3.8) is 0 Å². The van der Waals surface area contributed by atoms with E-state index in [0.29, 0.717) is 45.0 Å². The maximum Gasteiger partial charge on any atom is 0.254 e. The topological polar surface area (TPSA) is 76.1 Å². The molecule has 0 atom stereocenters. The van der Waals surface area contributed by atoms with Crippen LogP contribution in [0.15, 0.2) is 23.1 Å². The summed E-state index contributed by atoms with van der Waals surface area (Å²) < 4.78 is 37.7. The first-order chi connectivity index (χ1) is 11.5. The van der Waals surface area contributed by atoms with Gasteiger partial charge < -0.3 is 14.4 Å². The quantitative estimate of drug-likeness (QED) is 0.805. The molecule has 0 aromatic heterocycles. The third kappa shape index (κ3) is 3.26. The highest BCUT2D eigenvalue weighted by Gasteiger charge is 2.31. The molecule has 0 spiro atoms. The van der Waals surface area contributed by atoms with Crippen LogP contribution in [0.3, 0.4) is 0 Å². The number of benzene rings is 1. The number of carbonyl (C=O) groups excluding carboxylic acids is 1. The third-order valence-corrected chi connectivity index (χ3v) is 6.31. The second kappa shape index (κ2) is 7.08. The summed E-state index contributed by atoms with van der Waals surface area (Å²) in [5.74, 6) is 0.0826. The minimum Gasteiger partial charge on any atom is -0.495 e. The molecule has 0 bridgehead atoms. The van der Waals surface area contributed by atoms with Crippen molar-refractivity contribution >= 4 is 15.9 Å². The molecule has 2 saturated heterocycles.